The van der Waals surface area contributed by atoms with Gasteiger partial charge in [0.25, 0.3) is 5.91 Å². The molecule has 0 atom stereocenters. The minimum Gasteiger partial charge on any atom is -0.477 e. The van der Waals surface area contributed by atoms with E-state index in [9.17, 15) is 18.0 Å². The second-order valence-corrected chi connectivity index (χ2v) is 5.56. The average Bonchev–Trinajstić information content (AvgIpc) is 2.38. The van der Waals surface area contributed by atoms with Crippen molar-refractivity contribution in [2.75, 3.05) is 19.3 Å². The van der Waals surface area contributed by atoms with E-state index >= 15 is 0 Å². The zero-order chi connectivity index (χ0) is 14.5. The minimum atomic E-state index is -3.39. The van der Waals surface area contributed by atoms with Crippen molar-refractivity contribution in [2.45, 2.75) is 0 Å². The first kappa shape index (κ1) is 15.1. The number of carboxylic acids is 1. The number of nitrogens with one attached hydrogen (secondary N) is 2. The summed E-state index contributed by atoms with van der Waals surface area (Å²) in [5.41, 5.74) is -0.148. The third-order valence-electron chi connectivity index (χ3n) is 2.21. The minimum absolute atomic E-state index is 0.0767. The van der Waals surface area contributed by atoms with Crippen molar-refractivity contribution in [3.05, 3.63) is 29.6 Å². The molecule has 0 unspecified atom stereocenters. The molecule has 1 heterocycles. The lowest BCUT2D eigenvalue weighted by Gasteiger charge is -2.06. The number of pyridine rings is 1. The highest BCUT2D eigenvalue weighted by molar-refractivity contribution is 7.89. The number of sulfonamides is 1. The van der Waals surface area contributed by atoms with Gasteiger partial charge in [-0.05, 0) is 19.2 Å². The van der Waals surface area contributed by atoms with Crippen LogP contribution < -0.4 is 10.0 Å². The van der Waals surface area contributed by atoms with Crippen molar-refractivity contribution in [3.63, 3.8) is 0 Å². The van der Waals surface area contributed by atoms with Crippen LogP contribution in [0.5, 0.6) is 0 Å². The molecule has 1 aromatic rings. The van der Waals surface area contributed by atoms with Gasteiger partial charge in [-0.25, -0.2) is 22.9 Å². The molecule has 0 aliphatic rings. The van der Waals surface area contributed by atoms with Crippen LogP contribution in [-0.4, -0.2) is 49.7 Å². The summed E-state index contributed by atoms with van der Waals surface area (Å²) >= 11 is 0. The monoisotopic (exact) mass is 287 g/mol. The normalized spacial score (nSPS) is 11.0. The Morgan fingerprint density at radius 1 is 1.42 bits per heavy atom. The van der Waals surface area contributed by atoms with Gasteiger partial charge in [-0.1, -0.05) is 0 Å². The second-order valence-electron chi connectivity index (χ2n) is 3.51. The largest absolute Gasteiger partial charge is 0.477 e. The molecule has 0 saturated carbocycles. The Balaban J connectivity index is 2.64. The highest BCUT2D eigenvalue weighted by Gasteiger charge is 2.12. The molecular formula is C10H13N3O5S. The number of carboxylic acid groups (broad SMARTS) is 1. The van der Waals surface area contributed by atoms with Crippen LogP contribution in [0.3, 0.4) is 0 Å². The van der Waals surface area contributed by atoms with Crippen LogP contribution in [0.1, 0.15) is 20.8 Å². The van der Waals surface area contributed by atoms with Gasteiger partial charge in [-0.2, -0.15) is 0 Å². The summed E-state index contributed by atoms with van der Waals surface area (Å²) in [6, 6.07) is 2.46. The standard InChI is InChI=1S/C10H13N3O5S/c1-11-19(17,18)5-4-13-9(14)7-2-3-12-8(6-7)10(15)16/h2-3,6,11H,4-5H2,1H3,(H,13,14)(H,15,16). The summed E-state index contributed by atoms with van der Waals surface area (Å²) in [5, 5.41) is 11.1. The molecule has 0 bridgehead atoms. The van der Waals surface area contributed by atoms with Gasteiger partial charge >= 0.3 is 5.97 Å². The van der Waals surface area contributed by atoms with E-state index in [1.165, 1.54) is 19.3 Å². The SMILES string of the molecule is CNS(=O)(=O)CCNC(=O)c1ccnc(C(=O)O)c1. The average molecular weight is 287 g/mol. The summed E-state index contributed by atoms with van der Waals surface area (Å²) in [5.74, 6) is -2.06. The van der Waals surface area contributed by atoms with Gasteiger partial charge in [0.1, 0.15) is 5.69 Å². The van der Waals surface area contributed by atoms with Crippen LogP contribution in [-0.2, 0) is 10.0 Å². The molecule has 1 amide bonds. The Kier molecular flexibility index (Phi) is 4.95. The smallest absolute Gasteiger partial charge is 0.354 e. The molecule has 0 aliphatic carbocycles. The Hall–Kier alpha value is -2.00. The first-order valence-electron chi connectivity index (χ1n) is 5.24. The first-order chi connectivity index (χ1) is 8.85. The Morgan fingerprint density at radius 3 is 2.68 bits per heavy atom. The predicted molar refractivity (Wildman–Crippen MR) is 66.4 cm³/mol. The lowest BCUT2D eigenvalue weighted by atomic mass is 10.2. The zero-order valence-corrected chi connectivity index (χ0v) is 10.9. The van der Waals surface area contributed by atoms with Crippen molar-refractivity contribution >= 4 is 21.9 Å². The van der Waals surface area contributed by atoms with Gasteiger partial charge in [0.2, 0.25) is 10.0 Å². The number of aromatic nitrogens is 1. The molecule has 0 fully saturated rings. The lowest BCUT2D eigenvalue weighted by molar-refractivity contribution is 0.0690. The molecular weight excluding hydrogens is 274 g/mol. The zero-order valence-electron chi connectivity index (χ0n) is 10.1. The third-order valence-corrected chi connectivity index (χ3v) is 3.57. The van der Waals surface area contributed by atoms with E-state index in [2.05, 4.69) is 15.0 Å². The van der Waals surface area contributed by atoms with Crippen LogP contribution in [0.15, 0.2) is 18.3 Å². The number of carbonyl (C=O) groups excluding carboxylic acids is 1. The molecule has 9 heteroatoms. The molecule has 8 nitrogen and oxygen atoms in total. The molecule has 1 rings (SSSR count). The fraction of sp³-hybridized carbons (Fsp3) is 0.300. The van der Waals surface area contributed by atoms with Crippen LogP contribution in [0.4, 0.5) is 0 Å². The van der Waals surface area contributed by atoms with Crippen molar-refractivity contribution in [1.29, 1.82) is 0 Å². The van der Waals surface area contributed by atoms with Gasteiger partial charge in [-0.15, -0.1) is 0 Å². The fourth-order valence-electron chi connectivity index (χ4n) is 1.19. The highest BCUT2D eigenvalue weighted by Crippen LogP contribution is 2.01. The van der Waals surface area contributed by atoms with Crippen LogP contribution in [0.2, 0.25) is 0 Å². The fourth-order valence-corrected chi connectivity index (χ4v) is 1.77. The second kappa shape index (κ2) is 6.25. The highest BCUT2D eigenvalue weighted by atomic mass is 32.2. The van der Waals surface area contributed by atoms with Crippen LogP contribution >= 0.6 is 0 Å². The molecule has 0 radical (unpaired) electrons. The molecule has 0 aromatic carbocycles. The van der Waals surface area contributed by atoms with E-state index in [4.69, 9.17) is 5.11 Å². The Bertz CT molecular complexity index is 585. The maximum absolute atomic E-state index is 11.6. The van der Waals surface area contributed by atoms with E-state index in [0.717, 1.165) is 6.07 Å². The van der Waals surface area contributed by atoms with E-state index in [1.807, 2.05) is 0 Å². The van der Waals surface area contributed by atoms with Gasteiger partial charge in [0, 0.05) is 18.3 Å². The van der Waals surface area contributed by atoms with E-state index in [-0.39, 0.29) is 23.6 Å². The van der Waals surface area contributed by atoms with Crippen molar-refractivity contribution < 1.29 is 23.1 Å². The summed E-state index contributed by atoms with van der Waals surface area (Å²) in [6.45, 7) is -0.0767. The summed E-state index contributed by atoms with van der Waals surface area (Å²) < 4.78 is 24.3. The molecule has 0 aliphatic heterocycles. The number of carbonyl (C=O) groups is 2. The van der Waals surface area contributed by atoms with E-state index < -0.39 is 21.9 Å². The molecule has 0 spiro atoms. The van der Waals surface area contributed by atoms with Crippen LogP contribution in [0.25, 0.3) is 0 Å². The van der Waals surface area contributed by atoms with Gasteiger partial charge < -0.3 is 10.4 Å². The number of hydrogen-bond acceptors (Lipinski definition) is 5. The van der Waals surface area contributed by atoms with Crippen molar-refractivity contribution in [3.8, 4) is 0 Å². The molecule has 0 saturated heterocycles. The quantitative estimate of drug-likeness (QED) is 0.620. The first-order valence-corrected chi connectivity index (χ1v) is 6.89. The predicted octanol–water partition coefficient (Wildman–Crippen LogP) is -0.941. The molecule has 104 valence electrons. The Labute approximate surface area is 109 Å². The Morgan fingerprint density at radius 2 is 2.11 bits per heavy atom. The topological polar surface area (TPSA) is 125 Å². The summed E-state index contributed by atoms with van der Waals surface area (Å²) in [4.78, 5) is 25.9. The van der Waals surface area contributed by atoms with Gasteiger partial charge in [0.05, 0.1) is 5.75 Å². The maximum Gasteiger partial charge on any atom is 0.354 e. The number of hydrogen-bond donors (Lipinski definition) is 3. The third kappa shape index (κ3) is 4.64. The number of nitrogens with zero attached hydrogens (tertiary/aromatic N) is 1. The van der Waals surface area contributed by atoms with Crippen molar-refractivity contribution in [2.24, 2.45) is 0 Å². The maximum atomic E-state index is 11.6. The van der Waals surface area contributed by atoms with E-state index in [0.29, 0.717) is 0 Å². The molecule has 1 aromatic heterocycles. The van der Waals surface area contributed by atoms with Crippen molar-refractivity contribution in [1.82, 2.24) is 15.0 Å². The number of rotatable bonds is 6. The number of aromatic carboxylic acids is 1. The van der Waals surface area contributed by atoms with Crippen LogP contribution in [0, 0.1) is 0 Å². The lowest BCUT2D eigenvalue weighted by Crippen LogP contribution is -2.33. The summed E-state index contributed by atoms with van der Waals surface area (Å²) in [7, 11) is -2.11. The summed E-state index contributed by atoms with van der Waals surface area (Å²) in [6.07, 6.45) is 1.20. The molecule has 3 N–H and O–H groups in total. The van der Waals surface area contributed by atoms with Gasteiger partial charge in [0.15, 0.2) is 0 Å². The molecule has 19 heavy (non-hydrogen) atoms. The van der Waals surface area contributed by atoms with Gasteiger partial charge in [-0.3, -0.25) is 4.79 Å². The van der Waals surface area contributed by atoms with E-state index in [1.54, 1.807) is 0 Å². The number of amides is 1.